The molecule has 0 saturated heterocycles. The van der Waals surface area contributed by atoms with Gasteiger partial charge in [-0.1, -0.05) is 43.1 Å². The van der Waals surface area contributed by atoms with Crippen LogP contribution in [-0.4, -0.2) is 12.6 Å². The molecule has 3 heteroatoms. The maximum atomic E-state index is 6.13. The van der Waals surface area contributed by atoms with Gasteiger partial charge >= 0.3 is 0 Å². The fraction of sp³-hybridized carbons (Fsp3) is 0.647. The first-order valence-corrected chi connectivity index (χ1v) is 8.53. The number of benzene rings is 1. The molecular formula is C17H25Cl2N. The van der Waals surface area contributed by atoms with E-state index >= 15 is 0 Å². The Kier molecular flexibility index (Phi) is 6.20. The first-order valence-electron chi connectivity index (χ1n) is 7.77. The third-order valence-corrected chi connectivity index (χ3v) is 5.12. The highest BCUT2D eigenvalue weighted by Crippen LogP contribution is 2.32. The summed E-state index contributed by atoms with van der Waals surface area (Å²) in [6, 6.07) is 6.71. The molecule has 0 amide bonds. The minimum Gasteiger partial charge on any atom is -0.314 e. The molecule has 0 heterocycles. The molecule has 1 N–H and O–H groups in total. The van der Waals surface area contributed by atoms with Crippen LogP contribution in [0.4, 0.5) is 0 Å². The van der Waals surface area contributed by atoms with Crippen LogP contribution in [0.2, 0.25) is 10.0 Å². The second-order valence-corrected chi connectivity index (χ2v) is 7.01. The molecule has 1 aromatic carbocycles. The van der Waals surface area contributed by atoms with Crippen molar-refractivity contribution in [2.45, 2.75) is 52.0 Å². The van der Waals surface area contributed by atoms with Gasteiger partial charge < -0.3 is 5.32 Å². The average Bonchev–Trinajstić information content (AvgIpc) is 2.42. The Morgan fingerprint density at radius 2 is 2.00 bits per heavy atom. The fourth-order valence-corrected chi connectivity index (χ4v) is 3.61. The van der Waals surface area contributed by atoms with Gasteiger partial charge in [0.05, 0.1) is 10.0 Å². The van der Waals surface area contributed by atoms with Gasteiger partial charge in [-0.2, -0.15) is 0 Å². The molecule has 2 rings (SSSR count). The van der Waals surface area contributed by atoms with Gasteiger partial charge in [0.1, 0.15) is 0 Å². The molecule has 0 spiro atoms. The summed E-state index contributed by atoms with van der Waals surface area (Å²) in [6.07, 6.45) is 6.25. The minimum absolute atomic E-state index is 0.646. The van der Waals surface area contributed by atoms with Crippen molar-refractivity contribution in [1.82, 2.24) is 5.32 Å². The lowest BCUT2D eigenvalue weighted by molar-refractivity contribution is 0.212. The lowest BCUT2D eigenvalue weighted by Crippen LogP contribution is -2.41. The first-order chi connectivity index (χ1) is 9.60. The van der Waals surface area contributed by atoms with Gasteiger partial charge in [0.15, 0.2) is 0 Å². The van der Waals surface area contributed by atoms with E-state index in [1.54, 1.807) is 0 Å². The maximum absolute atomic E-state index is 6.13. The van der Waals surface area contributed by atoms with Crippen LogP contribution in [0.3, 0.4) is 0 Å². The SMILES string of the molecule is CCCNC1CCC(C)CC1Cc1ccc(Cl)c(Cl)c1. The molecule has 112 valence electrons. The van der Waals surface area contributed by atoms with Crippen molar-refractivity contribution in [1.29, 1.82) is 0 Å². The van der Waals surface area contributed by atoms with Crippen LogP contribution < -0.4 is 5.32 Å². The van der Waals surface area contributed by atoms with Crippen LogP contribution in [0.1, 0.15) is 45.1 Å². The minimum atomic E-state index is 0.646. The van der Waals surface area contributed by atoms with Crippen molar-refractivity contribution in [3.8, 4) is 0 Å². The van der Waals surface area contributed by atoms with Gasteiger partial charge in [0.25, 0.3) is 0 Å². The van der Waals surface area contributed by atoms with E-state index in [0.29, 0.717) is 22.0 Å². The lowest BCUT2D eigenvalue weighted by Gasteiger charge is -2.36. The largest absolute Gasteiger partial charge is 0.314 e. The first kappa shape index (κ1) is 16.1. The summed E-state index contributed by atoms with van der Waals surface area (Å²) < 4.78 is 0. The normalized spacial score (nSPS) is 26.7. The Labute approximate surface area is 133 Å². The van der Waals surface area contributed by atoms with Gasteiger partial charge in [0.2, 0.25) is 0 Å². The monoisotopic (exact) mass is 313 g/mol. The highest BCUT2D eigenvalue weighted by atomic mass is 35.5. The van der Waals surface area contributed by atoms with E-state index < -0.39 is 0 Å². The zero-order valence-electron chi connectivity index (χ0n) is 12.5. The van der Waals surface area contributed by atoms with Crippen molar-refractivity contribution in [2.75, 3.05) is 6.54 Å². The summed E-state index contributed by atoms with van der Waals surface area (Å²) >= 11 is 12.1. The average molecular weight is 314 g/mol. The Balaban J connectivity index is 2.04. The van der Waals surface area contributed by atoms with Gasteiger partial charge in [-0.15, -0.1) is 0 Å². The van der Waals surface area contributed by atoms with E-state index in [2.05, 4.69) is 25.2 Å². The standard InChI is InChI=1S/C17H25Cl2N/c1-3-8-20-17-7-4-12(2)9-14(17)10-13-5-6-15(18)16(19)11-13/h5-6,11-12,14,17,20H,3-4,7-10H2,1-2H3. The second-order valence-electron chi connectivity index (χ2n) is 6.19. The summed E-state index contributed by atoms with van der Waals surface area (Å²) in [7, 11) is 0. The predicted molar refractivity (Wildman–Crippen MR) is 88.8 cm³/mol. The van der Waals surface area contributed by atoms with Crippen LogP contribution in [0.15, 0.2) is 18.2 Å². The van der Waals surface area contributed by atoms with Crippen LogP contribution in [-0.2, 0) is 6.42 Å². The molecule has 20 heavy (non-hydrogen) atoms. The maximum Gasteiger partial charge on any atom is 0.0595 e. The van der Waals surface area contributed by atoms with Crippen molar-refractivity contribution in [2.24, 2.45) is 11.8 Å². The number of hydrogen-bond donors (Lipinski definition) is 1. The van der Waals surface area contributed by atoms with Gasteiger partial charge in [-0.25, -0.2) is 0 Å². The van der Waals surface area contributed by atoms with E-state index in [-0.39, 0.29) is 0 Å². The van der Waals surface area contributed by atoms with E-state index in [1.165, 1.54) is 31.2 Å². The summed E-state index contributed by atoms with van der Waals surface area (Å²) in [6.45, 7) is 5.72. The molecule has 3 atom stereocenters. The molecular weight excluding hydrogens is 289 g/mol. The Morgan fingerprint density at radius 3 is 2.70 bits per heavy atom. The van der Waals surface area contributed by atoms with E-state index in [0.717, 1.165) is 18.9 Å². The molecule has 1 fully saturated rings. The third kappa shape index (κ3) is 4.38. The van der Waals surface area contributed by atoms with Crippen molar-refractivity contribution < 1.29 is 0 Å². The Morgan fingerprint density at radius 1 is 1.20 bits per heavy atom. The smallest absolute Gasteiger partial charge is 0.0595 e. The zero-order valence-corrected chi connectivity index (χ0v) is 14.0. The highest BCUT2D eigenvalue weighted by molar-refractivity contribution is 6.42. The molecule has 1 aliphatic rings. The topological polar surface area (TPSA) is 12.0 Å². The summed E-state index contributed by atoms with van der Waals surface area (Å²) in [5.74, 6) is 1.55. The summed E-state index contributed by atoms with van der Waals surface area (Å²) in [4.78, 5) is 0. The van der Waals surface area contributed by atoms with E-state index in [1.807, 2.05) is 12.1 Å². The number of nitrogens with one attached hydrogen (secondary N) is 1. The molecule has 0 radical (unpaired) electrons. The quantitative estimate of drug-likeness (QED) is 0.773. The second kappa shape index (κ2) is 7.68. The van der Waals surface area contributed by atoms with Crippen molar-refractivity contribution >= 4 is 23.2 Å². The van der Waals surface area contributed by atoms with Crippen molar-refractivity contribution in [3.05, 3.63) is 33.8 Å². The number of rotatable bonds is 5. The Hall–Kier alpha value is -0.240. The number of halogens is 2. The molecule has 1 aliphatic carbocycles. The summed E-state index contributed by atoms with van der Waals surface area (Å²) in [5.41, 5.74) is 1.31. The van der Waals surface area contributed by atoms with Crippen LogP contribution in [0, 0.1) is 11.8 Å². The molecule has 0 bridgehead atoms. The van der Waals surface area contributed by atoms with Gasteiger partial charge in [0, 0.05) is 6.04 Å². The molecule has 1 saturated carbocycles. The summed E-state index contributed by atoms with van der Waals surface area (Å²) in [5, 5.41) is 5.05. The van der Waals surface area contributed by atoms with Crippen molar-refractivity contribution in [3.63, 3.8) is 0 Å². The fourth-order valence-electron chi connectivity index (χ4n) is 3.29. The van der Waals surface area contributed by atoms with Crippen LogP contribution >= 0.6 is 23.2 Å². The number of hydrogen-bond acceptors (Lipinski definition) is 1. The van der Waals surface area contributed by atoms with E-state index in [4.69, 9.17) is 23.2 Å². The lowest BCUT2D eigenvalue weighted by atomic mass is 9.76. The van der Waals surface area contributed by atoms with Crippen LogP contribution in [0.5, 0.6) is 0 Å². The predicted octanol–water partition coefficient (Wildman–Crippen LogP) is 5.34. The zero-order chi connectivity index (χ0) is 14.5. The van der Waals surface area contributed by atoms with Crippen LogP contribution in [0.25, 0.3) is 0 Å². The molecule has 0 aromatic heterocycles. The van der Waals surface area contributed by atoms with Gasteiger partial charge in [-0.05, 0) is 68.2 Å². The molecule has 1 nitrogen and oxygen atoms in total. The molecule has 1 aromatic rings. The third-order valence-electron chi connectivity index (χ3n) is 4.38. The highest BCUT2D eigenvalue weighted by Gasteiger charge is 2.28. The van der Waals surface area contributed by atoms with Gasteiger partial charge in [-0.3, -0.25) is 0 Å². The molecule has 3 unspecified atom stereocenters. The Bertz CT molecular complexity index is 431. The molecule has 0 aliphatic heterocycles. The van der Waals surface area contributed by atoms with E-state index in [9.17, 15) is 0 Å².